The van der Waals surface area contributed by atoms with Crippen LogP contribution in [0.25, 0.3) is 0 Å². The van der Waals surface area contributed by atoms with E-state index in [9.17, 15) is 0 Å². The Morgan fingerprint density at radius 1 is 1.25 bits per heavy atom. The number of fused-ring (bicyclic) bond motifs is 1. The van der Waals surface area contributed by atoms with Crippen LogP contribution in [0, 0.1) is 0 Å². The lowest BCUT2D eigenvalue weighted by Gasteiger charge is -2.14. The minimum Gasteiger partial charge on any atom is -0.366 e. The molecule has 1 aromatic carbocycles. The first-order chi connectivity index (χ1) is 7.92. The van der Waals surface area contributed by atoms with Gasteiger partial charge in [-0.05, 0) is 12.1 Å². The van der Waals surface area contributed by atoms with Crippen LogP contribution in [-0.4, -0.2) is 13.2 Å². The van der Waals surface area contributed by atoms with Crippen molar-refractivity contribution in [2.75, 3.05) is 23.4 Å². The maximum atomic E-state index is 3.62. The zero-order valence-corrected chi connectivity index (χ0v) is 9.26. The second-order valence-electron chi connectivity index (χ2n) is 3.62. The number of rotatable bonds is 4. The fourth-order valence-corrected chi connectivity index (χ4v) is 1.74. The summed E-state index contributed by atoms with van der Waals surface area (Å²) in [6, 6.07) is 8.37. The molecule has 0 spiro atoms. The van der Waals surface area contributed by atoms with Crippen LogP contribution in [0.5, 0.6) is 0 Å². The van der Waals surface area contributed by atoms with E-state index in [-0.39, 0.29) is 0 Å². The number of anilines is 2. The van der Waals surface area contributed by atoms with E-state index in [0.717, 1.165) is 13.2 Å². The third kappa shape index (κ3) is 2.34. The van der Waals surface area contributed by atoms with Crippen LogP contribution in [0.4, 0.5) is 11.4 Å². The average molecular weight is 212 g/mol. The summed E-state index contributed by atoms with van der Waals surface area (Å²) in [7, 11) is 0. The monoisotopic (exact) mass is 212 g/mol. The Morgan fingerprint density at radius 3 is 3.00 bits per heavy atom. The Bertz CT molecular complexity index is 418. The minimum absolute atomic E-state index is 0.884. The molecule has 1 aliphatic rings. The summed E-state index contributed by atoms with van der Waals surface area (Å²) in [5.74, 6) is 0. The fourth-order valence-electron chi connectivity index (χ4n) is 1.74. The molecular weight excluding hydrogens is 196 g/mol. The van der Waals surface area contributed by atoms with E-state index in [2.05, 4.69) is 47.1 Å². The molecule has 0 bridgehead atoms. The van der Waals surface area contributed by atoms with Gasteiger partial charge >= 0.3 is 0 Å². The molecule has 1 heterocycles. The summed E-state index contributed by atoms with van der Waals surface area (Å²) in [5.41, 5.74) is 2.50. The van der Waals surface area contributed by atoms with E-state index in [1.807, 2.05) is 18.2 Å². The molecule has 1 N–H and O–H groups in total. The fraction of sp³-hybridized carbons (Fsp3) is 0.143. The summed E-state index contributed by atoms with van der Waals surface area (Å²) in [6.07, 6.45) is 9.87. The van der Waals surface area contributed by atoms with E-state index in [1.54, 1.807) is 6.08 Å². The predicted octanol–water partition coefficient (Wildman–Crippen LogP) is 3.17. The minimum atomic E-state index is 0.884. The van der Waals surface area contributed by atoms with Gasteiger partial charge in [0.1, 0.15) is 0 Å². The Kier molecular flexibility index (Phi) is 3.44. The van der Waals surface area contributed by atoms with Crippen molar-refractivity contribution in [1.82, 2.24) is 0 Å². The molecule has 1 aromatic rings. The number of hydrogen-bond acceptors (Lipinski definition) is 2. The van der Waals surface area contributed by atoms with E-state index < -0.39 is 0 Å². The molecular formula is C14H16N2. The molecule has 0 saturated carbocycles. The van der Waals surface area contributed by atoms with Gasteiger partial charge in [-0.2, -0.15) is 0 Å². The van der Waals surface area contributed by atoms with Crippen molar-refractivity contribution in [2.45, 2.75) is 0 Å². The lowest BCUT2D eigenvalue weighted by molar-refractivity contribution is 0.959. The maximum absolute atomic E-state index is 3.62. The van der Waals surface area contributed by atoms with Crippen LogP contribution in [0.2, 0.25) is 0 Å². The largest absolute Gasteiger partial charge is 0.366 e. The lowest BCUT2D eigenvalue weighted by atomic mass is 10.2. The summed E-state index contributed by atoms with van der Waals surface area (Å²) in [6.45, 7) is 5.43. The molecule has 2 rings (SSSR count). The van der Waals surface area contributed by atoms with Gasteiger partial charge in [-0.25, -0.2) is 0 Å². The van der Waals surface area contributed by atoms with E-state index in [1.165, 1.54) is 11.4 Å². The van der Waals surface area contributed by atoms with Crippen molar-refractivity contribution in [1.29, 1.82) is 0 Å². The first-order valence-corrected chi connectivity index (χ1v) is 5.44. The number of para-hydroxylation sites is 2. The molecule has 0 fully saturated rings. The van der Waals surface area contributed by atoms with Gasteiger partial charge in [-0.3, -0.25) is 0 Å². The number of nitrogens with zero attached hydrogens (tertiary/aromatic N) is 1. The Labute approximate surface area is 96.6 Å². The first-order valence-electron chi connectivity index (χ1n) is 5.44. The van der Waals surface area contributed by atoms with Gasteiger partial charge < -0.3 is 10.2 Å². The molecule has 82 valence electrons. The van der Waals surface area contributed by atoms with Crippen LogP contribution in [0.15, 0.2) is 61.2 Å². The summed E-state index contributed by atoms with van der Waals surface area (Å²) in [4.78, 5) is 2.30. The van der Waals surface area contributed by atoms with Crippen LogP contribution >= 0.6 is 0 Å². The normalized spacial score (nSPS) is 14.4. The van der Waals surface area contributed by atoms with Crippen molar-refractivity contribution in [3.05, 3.63) is 61.2 Å². The standard InChI is InChI=1S/C14H16N2/c1-2-3-4-5-8-11-16-12-15-13-9-6-7-10-14(13)16/h2-10,15H,1,11-12H2/b4-3-,8-5-. The Balaban J connectivity index is 1.96. The average Bonchev–Trinajstić information content (AvgIpc) is 2.73. The highest BCUT2D eigenvalue weighted by Crippen LogP contribution is 2.29. The van der Waals surface area contributed by atoms with Gasteiger partial charge in [0.25, 0.3) is 0 Å². The summed E-state index contributed by atoms with van der Waals surface area (Å²) < 4.78 is 0. The third-order valence-electron chi connectivity index (χ3n) is 2.53. The zero-order valence-electron chi connectivity index (χ0n) is 9.26. The summed E-state index contributed by atoms with van der Waals surface area (Å²) in [5, 5.41) is 3.36. The van der Waals surface area contributed by atoms with Crippen molar-refractivity contribution in [3.63, 3.8) is 0 Å². The van der Waals surface area contributed by atoms with Gasteiger partial charge in [-0.15, -0.1) is 0 Å². The van der Waals surface area contributed by atoms with Crippen molar-refractivity contribution in [3.8, 4) is 0 Å². The van der Waals surface area contributed by atoms with Crippen LogP contribution in [0.3, 0.4) is 0 Å². The van der Waals surface area contributed by atoms with Crippen molar-refractivity contribution in [2.24, 2.45) is 0 Å². The molecule has 2 heteroatoms. The van der Waals surface area contributed by atoms with Crippen molar-refractivity contribution >= 4 is 11.4 Å². The molecule has 16 heavy (non-hydrogen) atoms. The molecule has 2 nitrogen and oxygen atoms in total. The molecule has 0 aliphatic carbocycles. The van der Waals surface area contributed by atoms with Gasteiger partial charge in [0, 0.05) is 6.54 Å². The number of nitrogens with one attached hydrogen (secondary N) is 1. The number of allylic oxidation sites excluding steroid dienone is 4. The number of benzene rings is 1. The topological polar surface area (TPSA) is 15.3 Å². The van der Waals surface area contributed by atoms with Gasteiger partial charge in [-0.1, -0.05) is 49.1 Å². The van der Waals surface area contributed by atoms with E-state index in [0.29, 0.717) is 0 Å². The second kappa shape index (κ2) is 5.21. The van der Waals surface area contributed by atoms with Gasteiger partial charge in [0.05, 0.1) is 18.0 Å². The highest BCUT2D eigenvalue weighted by molar-refractivity contribution is 5.74. The maximum Gasteiger partial charge on any atom is 0.0881 e. The van der Waals surface area contributed by atoms with E-state index >= 15 is 0 Å². The Morgan fingerprint density at radius 2 is 2.12 bits per heavy atom. The van der Waals surface area contributed by atoms with Gasteiger partial charge in [0.15, 0.2) is 0 Å². The van der Waals surface area contributed by atoms with E-state index in [4.69, 9.17) is 0 Å². The highest BCUT2D eigenvalue weighted by atomic mass is 15.3. The summed E-state index contributed by atoms with van der Waals surface area (Å²) >= 11 is 0. The molecule has 0 amide bonds. The highest BCUT2D eigenvalue weighted by Gasteiger charge is 2.15. The van der Waals surface area contributed by atoms with Crippen LogP contribution in [-0.2, 0) is 0 Å². The molecule has 0 radical (unpaired) electrons. The van der Waals surface area contributed by atoms with Crippen LogP contribution in [0.1, 0.15) is 0 Å². The molecule has 1 aliphatic heterocycles. The predicted molar refractivity (Wildman–Crippen MR) is 70.8 cm³/mol. The number of hydrogen-bond donors (Lipinski definition) is 1. The first kappa shape index (κ1) is 10.6. The quantitative estimate of drug-likeness (QED) is 0.771. The zero-order chi connectivity index (χ0) is 11.2. The molecule has 0 unspecified atom stereocenters. The molecule has 0 aromatic heterocycles. The lowest BCUT2D eigenvalue weighted by Crippen LogP contribution is -2.22. The van der Waals surface area contributed by atoms with Gasteiger partial charge in [0.2, 0.25) is 0 Å². The van der Waals surface area contributed by atoms with Crippen molar-refractivity contribution < 1.29 is 0 Å². The SMILES string of the molecule is C=C/C=C\C=C/CN1CNc2ccccc21. The molecule has 0 atom stereocenters. The van der Waals surface area contributed by atoms with Crippen LogP contribution < -0.4 is 10.2 Å². The Hall–Kier alpha value is -1.96. The smallest absolute Gasteiger partial charge is 0.0881 e. The third-order valence-corrected chi connectivity index (χ3v) is 2.53. The second-order valence-corrected chi connectivity index (χ2v) is 3.62. The molecule has 0 saturated heterocycles.